The first kappa shape index (κ1) is 21.9. The molecule has 1 aromatic carbocycles. The summed E-state index contributed by atoms with van der Waals surface area (Å²) in [6, 6.07) is 9.46. The molecule has 0 unspecified atom stereocenters. The average molecular weight is 449 g/mol. The number of benzene rings is 1. The summed E-state index contributed by atoms with van der Waals surface area (Å²) in [6.45, 7) is 8.12. The molecule has 0 fully saturated rings. The van der Waals surface area contributed by atoms with Gasteiger partial charge in [-0.25, -0.2) is 0 Å². The summed E-state index contributed by atoms with van der Waals surface area (Å²) >= 11 is 0. The molecule has 1 N–H and O–H groups in total. The number of carbonyl (C=O) groups excluding carboxylic acids is 1. The van der Waals surface area contributed by atoms with Crippen molar-refractivity contribution in [3.05, 3.63) is 86.2 Å². The van der Waals surface area contributed by atoms with Gasteiger partial charge in [0, 0.05) is 0 Å². The fraction of sp³-hybridized carbons (Fsp3) is 0.273. The maximum atomic E-state index is 13.1. The summed E-state index contributed by atoms with van der Waals surface area (Å²) in [5.41, 5.74) is 4.96. The summed E-state index contributed by atoms with van der Waals surface area (Å²) in [6.07, 6.45) is 1.47. The maximum Gasteiger partial charge on any atom is 0.389 e. The highest BCUT2D eigenvalue weighted by atomic mass is 16.6. The molecule has 0 atom stereocenters. The molecule has 33 heavy (non-hydrogen) atoms. The van der Waals surface area contributed by atoms with Gasteiger partial charge in [0.2, 0.25) is 0 Å². The molecule has 0 aliphatic rings. The molecule has 170 valence electrons. The Bertz CT molecular complexity index is 1350. The smallest absolute Gasteiger partial charge is 0.361 e. The van der Waals surface area contributed by atoms with Crippen molar-refractivity contribution >= 4 is 17.4 Å². The Morgan fingerprint density at radius 3 is 2.64 bits per heavy atom. The molecule has 0 radical (unpaired) electrons. The number of nitrogens with zero attached hydrogens (tertiary/aromatic N) is 6. The predicted molar refractivity (Wildman–Crippen MR) is 119 cm³/mol. The number of amides is 1. The lowest BCUT2D eigenvalue weighted by Crippen LogP contribution is -2.17. The highest BCUT2D eigenvalue weighted by Crippen LogP contribution is 2.23. The van der Waals surface area contributed by atoms with Crippen LogP contribution in [0.25, 0.3) is 0 Å². The number of hydrogen-bond acceptors (Lipinski definition) is 7. The van der Waals surface area contributed by atoms with E-state index in [1.54, 1.807) is 6.92 Å². The van der Waals surface area contributed by atoms with E-state index < -0.39 is 10.8 Å². The summed E-state index contributed by atoms with van der Waals surface area (Å²) < 4.78 is 8.44. The normalized spacial score (nSPS) is 11.0. The van der Waals surface area contributed by atoms with Crippen LogP contribution < -0.4 is 5.32 Å². The number of nitro groups is 1. The molecule has 3 heterocycles. The van der Waals surface area contributed by atoms with Crippen LogP contribution in [-0.2, 0) is 13.1 Å². The molecule has 0 aliphatic carbocycles. The van der Waals surface area contributed by atoms with E-state index in [1.165, 1.54) is 22.5 Å². The zero-order valence-electron chi connectivity index (χ0n) is 18.7. The van der Waals surface area contributed by atoms with Crippen LogP contribution in [0.5, 0.6) is 0 Å². The SMILES string of the molecule is Cc1cccc(Cn2nc(C)c(NC(=O)c3noc(C)c3Cn3ccc([N+](=O)[O-])n3)c2C)c1. The lowest BCUT2D eigenvalue weighted by molar-refractivity contribution is -0.389. The first-order chi connectivity index (χ1) is 15.7. The minimum atomic E-state index is -0.579. The van der Waals surface area contributed by atoms with Crippen molar-refractivity contribution in [1.82, 2.24) is 24.7 Å². The maximum absolute atomic E-state index is 13.1. The lowest BCUT2D eigenvalue weighted by atomic mass is 10.1. The van der Waals surface area contributed by atoms with Gasteiger partial charge < -0.3 is 20.0 Å². The zero-order valence-corrected chi connectivity index (χ0v) is 18.7. The van der Waals surface area contributed by atoms with E-state index in [4.69, 9.17) is 4.52 Å². The van der Waals surface area contributed by atoms with E-state index in [0.717, 1.165) is 11.3 Å². The molecule has 11 nitrogen and oxygen atoms in total. The Labute approximate surface area is 189 Å². The summed E-state index contributed by atoms with van der Waals surface area (Å²) in [5, 5.41) is 26.2. The first-order valence-corrected chi connectivity index (χ1v) is 10.3. The van der Waals surface area contributed by atoms with Gasteiger partial charge in [0.15, 0.2) is 5.69 Å². The van der Waals surface area contributed by atoms with E-state index >= 15 is 0 Å². The second-order valence-corrected chi connectivity index (χ2v) is 7.84. The largest absolute Gasteiger partial charge is 0.389 e. The van der Waals surface area contributed by atoms with Crippen LogP contribution in [-0.4, -0.2) is 35.5 Å². The Hall–Kier alpha value is -4.28. The van der Waals surface area contributed by atoms with Crippen molar-refractivity contribution in [2.75, 3.05) is 5.32 Å². The third-order valence-corrected chi connectivity index (χ3v) is 5.37. The van der Waals surface area contributed by atoms with Crippen molar-refractivity contribution in [2.45, 2.75) is 40.8 Å². The molecular weight excluding hydrogens is 426 g/mol. The van der Waals surface area contributed by atoms with Crippen molar-refractivity contribution in [3.8, 4) is 0 Å². The zero-order chi connectivity index (χ0) is 23.7. The van der Waals surface area contributed by atoms with E-state index in [-0.39, 0.29) is 18.1 Å². The van der Waals surface area contributed by atoms with Crippen LogP contribution in [0.15, 0.2) is 41.1 Å². The van der Waals surface area contributed by atoms with Crippen LogP contribution in [0.3, 0.4) is 0 Å². The van der Waals surface area contributed by atoms with Gasteiger partial charge in [-0.15, -0.1) is 0 Å². The van der Waals surface area contributed by atoms with Crippen molar-refractivity contribution in [1.29, 1.82) is 0 Å². The highest BCUT2D eigenvalue weighted by molar-refractivity contribution is 6.04. The van der Waals surface area contributed by atoms with Crippen LogP contribution >= 0.6 is 0 Å². The van der Waals surface area contributed by atoms with Crippen LogP contribution in [0.1, 0.15) is 44.3 Å². The van der Waals surface area contributed by atoms with Crippen molar-refractivity contribution in [3.63, 3.8) is 0 Å². The molecule has 4 aromatic rings. The average Bonchev–Trinajstić information content (AvgIpc) is 3.44. The molecule has 0 aliphatic heterocycles. The van der Waals surface area contributed by atoms with Gasteiger partial charge in [-0.05, 0) is 38.2 Å². The number of rotatable bonds is 7. The third kappa shape index (κ3) is 4.52. The van der Waals surface area contributed by atoms with E-state index in [0.29, 0.717) is 29.2 Å². The van der Waals surface area contributed by atoms with Crippen LogP contribution in [0.4, 0.5) is 11.5 Å². The Morgan fingerprint density at radius 2 is 1.94 bits per heavy atom. The lowest BCUT2D eigenvalue weighted by Gasteiger charge is -2.08. The van der Waals surface area contributed by atoms with Crippen LogP contribution in [0.2, 0.25) is 0 Å². The molecule has 4 rings (SSSR count). The minimum absolute atomic E-state index is 0.0934. The number of hydrogen-bond donors (Lipinski definition) is 1. The van der Waals surface area contributed by atoms with Gasteiger partial charge >= 0.3 is 5.82 Å². The summed E-state index contributed by atoms with van der Waals surface area (Å²) in [7, 11) is 0. The fourth-order valence-corrected chi connectivity index (χ4v) is 3.64. The second-order valence-electron chi connectivity index (χ2n) is 7.84. The van der Waals surface area contributed by atoms with E-state index in [9.17, 15) is 14.9 Å². The summed E-state index contributed by atoms with van der Waals surface area (Å²) in [5.74, 6) is -0.297. The van der Waals surface area contributed by atoms with Crippen molar-refractivity contribution < 1.29 is 14.2 Å². The molecule has 0 bridgehead atoms. The van der Waals surface area contributed by atoms with Gasteiger partial charge in [0.25, 0.3) is 5.91 Å². The molecule has 0 saturated heterocycles. The van der Waals surface area contributed by atoms with Gasteiger partial charge in [0.1, 0.15) is 5.76 Å². The monoisotopic (exact) mass is 449 g/mol. The number of nitrogens with one attached hydrogen (secondary N) is 1. The first-order valence-electron chi connectivity index (χ1n) is 10.3. The molecule has 0 spiro atoms. The highest BCUT2D eigenvalue weighted by Gasteiger charge is 2.24. The molecule has 1 amide bonds. The number of aromatic nitrogens is 5. The standard InChI is InChI=1S/C22H23N7O4/c1-13-6-5-7-17(10-13)11-28-15(3)20(14(2)24-28)23-22(30)21-18(16(4)33-26-21)12-27-9-8-19(25-27)29(31)32/h5-10H,11-12H2,1-4H3,(H,23,30). The van der Waals surface area contributed by atoms with Crippen molar-refractivity contribution in [2.24, 2.45) is 0 Å². The van der Waals surface area contributed by atoms with Gasteiger partial charge in [-0.1, -0.05) is 35.0 Å². The fourth-order valence-electron chi connectivity index (χ4n) is 3.64. The molecule has 0 saturated carbocycles. The Morgan fingerprint density at radius 1 is 1.15 bits per heavy atom. The van der Waals surface area contributed by atoms with Crippen LogP contribution in [0, 0.1) is 37.8 Å². The van der Waals surface area contributed by atoms with Gasteiger partial charge in [-0.2, -0.15) is 9.78 Å². The number of anilines is 1. The predicted octanol–water partition coefficient (Wildman–Crippen LogP) is 3.56. The van der Waals surface area contributed by atoms with Gasteiger partial charge in [0.05, 0.1) is 53.1 Å². The topological polar surface area (TPSA) is 134 Å². The quantitative estimate of drug-likeness (QED) is 0.337. The molecule has 11 heteroatoms. The van der Waals surface area contributed by atoms with E-state index in [1.807, 2.05) is 43.7 Å². The van der Waals surface area contributed by atoms with Gasteiger partial charge in [-0.3, -0.25) is 9.48 Å². The molecule has 3 aromatic heterocycles. The summed E-state index contributed by atoms with van der Waals surface area (Å²) in [4.78, 5) is 23.4. The molecular formula is C22H23N7O4. The number of aryl methyl sites for hydroxylation is 3. The second kappa shape index (κ2) is 8.69. The minimum Gasteiger partial charge on any atom is -0.361 e. The number of carbonyl (C=O) groups is 1. The van der Waals surface area contributed by atoms with E-state index in [2.05, 4.69) is 26.7 Å². The third-order valence-electron chi connectivity index (χ3n) is 5.37. The Balaban J connectivity index is 1.55. The Kier molecular flexibility index (Phi) is 5.78.